The van der Waals surface area contributed by atoms with Crippen LogP contribution in [0.15, 0.2) is 66.7 Å². The topological polar surface area (TPSA) is 118 Å². The lowest BCUT2D eigenvalue weighted by Gasteiger charge is -2.29. The number of alkyl halides is 3. The predicted octanol–water partition coefficient (Wildman–Crippen LogP) is 5.52. The number of carbonyl (C=O) groups excluding carboxylic acids is 1. The van der Waals surface area contributed by atoms with Crippen LogP contribution in [0.4, 0.5) is 13.2 Å². The second-order valence-electron chi connectivity index (χ2n) is 10.8. The first-order chi connectivity index (χ1) is 21.0. The Balaban J connectivity index is 1.33. The molecule has 3 aliphatic rings. The third-order valence-electron chi connectivity index (χ3n) is 7.23. The number of nitrogens with one attached hydrogen (secondary N) is 2. The van der Waals surface area contributed by atoms with E-state index >= 15 is 0 Å². The van der Waals surface area contributed by atoms with E-state index in [1.54, 1.807) is 38.2 Å². The van der Waals surface area contributed by atoms with Gasteiger partial charge in [-0.25, -0.2) is 15.0 Å². The van der Waals surface area contributed by atoms with Gasteiger partial charge in [-0.05, 0) is 50.8 Å². The van der Waals surface area contributed by atoms with Gasteiger partial charge in [0.25, 0.3) is 5.91 Å². The van der Waals surface area contributed by atoms with Crippen LogP contribution in [0.3, 0.4) is 0 Å². The molecule has 2 aromatic rings. The van der Waals surface area contributed by atoms with Gasteiger partial charge in [-0.15, -0.1) is 5.73 Å². The summed E-state index contributed by atoms with van der Waals surface area (Å²) in [6.07, 6.45) is 8.46. The zero-order chi connectivity index (χ0) is 31.6. The van der Waals surface area contributed by atoms with Gasteiger partial charge in [-0.1, -0.05) is 18.7 Å². The molecule has 0 bridgehead atoms. The van der Waals surface area contributed by atoms with Crippen LogP contribution < -0.4 is 10.1 Å². The smallest absolute Gasteiger partial charge is 0.434 e. The molecular formula is C31H32F3N7O3. The molecule has 44 heavy (non-hydrogen) atoms. The highest BCUT2D eigenvalue weighted by atomic mass is 19.4. The Morgan fingerprint density at radius 2 is 2.11 bits per heavy atom. The average molecular weight is 608 g/mol. The molecule has 0 aromatic carbocycles. The van der Waals surface area contributed by atoms with Gasteiger partial charge in [-0.2, -0.15) is 13.2 Å². The molecule has 230 valence electrons. The SMILES string of the molecule is C=C(N/C=C1/OCC(=O)N(CC2=C=C/C=C(/c3nc(C(F)(F)F)cn3C(C)C)C=CC2)C1=N)c1c(OC)ncnc1C1CC1. The van der Waals surface area contributed by atoms with Crippen molar-refractivity contribution in [3.8, 4) is 5.88 Å². The average Bonchev–Trinajstić information content (AvgIpc) is 3.71. The molecule has 0 radical (unpaired) electrons. The van der Waals surface area contributed by atoms with E-state index < -0.39 is 17.8 Å². The Morgan fingerprint density at radius 1 is 1.34 bits per heavy atom. The third-order valence-corrected chi connectivity index (χ3v) is 7.23. The summed E-state index contributed by atoms with van der Waals surface area (Å²) in [5.74, 6) is 0.499. The Labute approximate surface area is 252 Å². The number of hydrogen-bond acceptors (Lipinski definition) is 8. The molecule has 2 aromatic heterocycles. The number of imidazole rings is 1. The van der Waals surface area contributed by atoms with E-state index in [-0.39, 0.29) is 36.6 Å². The lowest BCUT2D eigenvalue weighted by Crippen LogP contribution is -2.45. The van der Waals surface area contributed by atoms with Crippen molar-refractivity contribution in [2.45, 2.75) is 51.2 Å². The number of ether oxygens (including phenoxy) is 2. The minimum absolute atomic E-state index is 0.0777. The van der Waals surface area contributed by atoms with E-state index in [1.807, 2.05) is 0 Å². The molecule has 1 amide bonds. The molecule has 1 saturated carbocycles. The highest BCUT2D eigenvalue weighted by Gasteiger charge is 2.35. The fraction of sp³-hybridized carbons (Fsp3) is 0.355. The van der Waals surface area contributed by atoms with Gasteiger partial charge in [0, 0.05) is 35.6 Å². The van der Waals surface area contributed by atoms with Crippen molar-refractivity contribution in [1.29, 1.82) is 5.41 Å². The summed E-state index contributed by atoms with van der Waals surface area (Å²) in [7, 11) is 1.52. The summed E-state index contributed by atoms with van der Waals surface area (Å²) < 4.78 is 52.5. The van der Waals surface area contributed by atoms with Crippen LogP contribution in [0.5, 0.6) is 5.88 Å². The first-order valence-electron chi connectivity index (χ1n) is 14.0. The first-order valence-corrected chi connectivity index (χ1v) is 14.0. The van der Waals surface area contributed by atoms with Gasteiger partial charge in [0.1, 0.15) is 12.2 Å². The molecule has 2 aliphatic carbocycles. The summed E-state index contributed by atoms with van der Waals surface area (Å²) in [6.45, 7) is 7.49. The molecule has 2 N–H and O–H groups in total. The van der Waals surface area contributed by atoms with E-state index in [4.69, 9.17) is 14.9 Å². The molecule has 1 saturated heterocycles. The maximum absolute atomic E-state index is 13.3. The Bertz CT molecular complexity index is 1660. The molecule has 3 heterocycles. The van der Waals surface area contributed by atoms with Crippen LogP contribution in [-0.2, 0) is 15.7 Å². The summed E-state index contributed by atoms with van der Waals surface area (Å²) >= 11 is 0. The number of amidine groups is 1. The van der Waals surface area contributed by atoms with E-state index in [2.05, 4.69) is 32.6 Å². The fourth-order valence-electron chi connectivity index (χ4n) is 4.81. The molecule has 1 aliphatic heterocycles. The van der Waals surface area contributed by atoms with Crippen molar-refractivity contribution in [2.75, 3.05) is 20.3 Å². The van der Waals surface area contributed by atoms with Gasteiger partial charge in [0.2, 0.25) is 5.88 Å². The normalized spacial score (nSPS) is 19.3. The van der Waals surface area contributed by atoms with Gasteiger partial charge in [0.15, 0.2) is 23.9 Å². The van der Waals surface area contributed by atoms with Crippen molar-refractivity contribution in [3.05, 3.63) is 89.4 Å². The molecule has 10 nitrogen and oxygen atoms in total. The second kappa shape index (κ2) is 12.4. The molecule has 13 heteroatoms. The molecule has 2 fully saturated rings. The fourth-order valence-corrected chi connectivity index (χ4v) is 4.81. The Kier molecular flexibility index (Phi) is 8.59. The lowest BCUT2D eigenvalue weighted by molar-refractivity contribution is -0.141. The van der Waals surface area contributed by atoms with Crippen LogP contribution in [0.1, 0.15) is 67.8 Å². The molecular weight excluding hydrogens is 575 g/mol. The number of nitrogens with zero attached hydrogens (tertiary/aromatic N) is 5. The van der Waals surface area contributed by atoms with Crippen LogP contribution in [0.2, 0.25) is 0 Å². The maximum Gasteiger partial charge on any atom is 0.434 e. The Morgan fingerprint density at radius 3 is 2.80 bits per heavy atom. The summed E-state index contributed by atoms with van der Waals surface area (Å²) in [5.41, 5.74) is 5.31. The number of aromatic nitrogens is 4. The van der Waals surface area contributed by atoms with Gasteiger partial charge in [0.05, 0.1) is 24.9 Å². The highest BCUT2D eigenvalue weighted by Crippen LogP contribution is 2.43. The Hall–Kier alpha value is -4.90. The maximum atomic E-state index is 13.3. The quantitative estimate of drug-likeness (QED) is 0.361. The summed E-state index contributed by atoms with van der Waals surface area (Å²) in [6, 6.07) is -0.237. The van der Waals surface area contributed by atoms with Crippen molar-refractivity contribution in [1.82, 2.24) is 29.7 Å². The second-order valence-corrected chi connectivity index (χ2v) is 10.8. The van der Waals surface area contributed by atoms with Crippen molar-refractivity contribution < 1.29 is 27.4 Å². The highest BCUT2D eigenvalue weighted by molar-refractivity contribution is 6.07. The minimum Gasteiger partial charge on any atom is -0.480 e. The van der Waals surface area contributed by atoms with Crippen LogP contribution in [0, 0.1) is 5.41 Å². The van der Waals surface area contributed by atoms with E-state index in [1.165, 1.54) is 29.1 Å². The third kappa shape index (κ3) is 6.52. The number of amides is 1. The number of carbonyl (C=O) groups is 1. The summed E-state index contributed by atoms with van der Waals surface area (Å²) in [4.78, 5) is 26.5. The number of morpholine rings is 1. The van der Waals surface area contributed by atoms with Crippen LogP contribution in [0.25, 0.3) is 11.3 Å². The van der Waals surface area contributed by atoms with Crippen molar-refractivity contribution in [3.63, 3.8) is 0 Å². The summed E-state index contributed by atoms with van der Waals surface area (Å²) in [5, 5.41) is 11.7. The van der Waals surface area contributed by atoms with Gasteiger partial charge < -0.3 is 19.4 Å². The number of allylic oxidation sites excluding steroid dienone is 4. The predicted molar refractivity (Wildman–Crippen MR) is 157 cm³/mol. The molecule has 0 atom stereocenters. The van der Waals surface area contributed by atoms with E-state index in [0.717, 1.165) is 24.7 Å². The lowest BCUT2D eigenvalue weighted by atomic mass is 10.1. The minimum atomic E-state index is -4.56. The number of methoxy groups -OCH3 is 1. The van der Waals surface area contributed by atoms with Crippen LogP contribution in [-0.4, -0.2) is 56.4 Å². The number of halogens is 3. The van der Waals surface area contributed by atoms with E-state index in [0.29, 0.717) is 40.6 Å². The molecule has 0 unspecified atom stereocenters. The van der Waals surface area contributed by atoms with Crippen molar-refractivity contribution >= 4 is 23.0 Å². The standard InChI is InChI=1S/C31H32F3N7O3/c1-18(2)40-15-24(31(32,33)34)39-29(40)22-9-5-7-20(8-6-10-22)14-41-25(42)16-44-23(28(41)35)13-36-19(3)26-27(21-11-12-21)37-17-38-30(26)43-4/h5-6,9-10,13,15,17-18,21,35-36H,3,7,11-12,14,16H2,1-2,4H3/b9-5?,22-10+,23-13+,35-28?. The van der Waals surface area contributed by atoms with Gasteiger partial charge >= 0.3 is 6.18 Å². The number of hydrogen-bond donors (Lipinski definition) is 2. The zero-order valence-electron chi connectivity index (χ0n) is 24.5. The van der Waals surface area contributed by atoms with E-state index in [9.17, 15) is 18.0 Å². The van der Waals surface area contributed by atoms with Crippen LogP contribution >= 0.6 is 0 Å². The number of rotatable bonds is 9. The molecule has 5 rings (SSSR count). The first kappa shape index (κ1) is 30.6. The van der Waals surface area contributed by atoms with Gasteiger partial charge in [-0.3, -0.25) is 15.1 Å². The largest absolute Gasteiger partial charge is 0.480 e. The van der Waals surface area contributed by atoms with Crippen molar-refractivity contribution in [2.24, 2.45) is 0 Å². The molecule has 0 spiro atoms. The zero-order valence-corrected chi connectivity index (χ0v) is 24.5. The monoisotopic (exact) mass is 607 g/mol.